The van der Waals surface area contributed by atoms with Crippen LogP contribution in [0.1, 0.15) is 17.4 Å². The topological polar surface area (TPSA) is 102 Å². The van der Waals surface area contributed by atoms with Gasteiger partial charge in [-0.15, -0.1) is 0 Å². The molecular weight excluding hydrogens is 553 g/mol. The number of carbonyl (C=O) groups excluding carboxylic acids is 2. The number of amides is 2. The van der Waals surface area contributed by atoms with Gasteiger partial charge < -0.3 is 25.2 Å². The van der Waals surface area contributed by atoms with Gasteiger partial charge in [0, 0.05) is 17.3 Å². The highest BCUT2D eigenvalue weighted by Gasteiger charge is 2.25. The molecule has 1 aromatic heterocycles. The van der Waals surface area contributed by atoms with E-state index in [-0.39, 0.29) is 44.6 Å². The first-order valence-corrected chi connectivity index (χ1v) is 12.5. The van der Waals surface area contributed by atoms with Crippen LogP contribution in [0.5, 0.6) is 11.5 Å². The first kappa shape index (κ1) is 27.2. The van der Waals surface area contributed by atoms with Gasteiger partial charge in [-0.25, -0.2) is 9.59 Å². The third-order valence-corrected chi connectivity index (χ3v) is 6.63. The van der Waals surface area contributed by atoms with E-state index in [0.29, 0.717) is 22.6 Å². The summed E-state index contributed by atoms with van der Waals surface area (Å²) in [4.78, 5) is 25.7. The lowest BCUT2D eigenvalue weighted by molar-refractivity contribution is 0.0518. The number of benzene rings is 3. The fourth-order valence-electron chi connectivity index (χ4n) is 3.81. The molecule has 0 spiro atoms. The number of aromatic hydroxyl groups is 1. The van der Waals surface area contributed by atoms with Gasteiger partial charge in [0.2, 0.25) is 0 Å². The van der Waals surface area contributed by atoms with E-state index in [9.17, 15) is 14.7 Å². The van der Waals surface area contributed by atoms with Crippen molar-refractivity contribution in [3.8, 4) is 28.3 Å². The van der Waals surface area contributed by atoms with Gasteiger partial charge in [-0.3, -0.25) is 4.57 Å². The minimum Gasteiger partial charge on any atom is -0.504 e. The van der Waals surface area contributed by atoms with E-state index in [4.69, 9.17) is 44.3 Å². The van der Waals surface area contributed by atoms with Gasteiger partial charge in [-0.05, 0) is 42.8 Å². The zero-order valence-electron chi connectivity index (χ0n) is 20.2. The van der Waals surface area contributed by atoms with Crippen molar-refractivity contribution >= 4 is 58.2 Å². The highest BCUT2D eigenvalue weighted by molar-refractivity contribution is 6.44. The smallest absolute Gasteiger partial charge is 0.357 e. The largest absolute Gasteiger partial charge is 0.504 e. The number of aromatic nitrogens is 1. The lowest BCUT2D eigenvalue weighted by atomic mass is 10.0. The molecule has 0 aliphatic carbocycles. The van der Waals surface area contributed by atoms with Crippen molar-refractivity contribution in [2.75, 3.05) is 24.4 Å². The van der Waals surface area contributed by atoms with Crippen LogP contribution in [-0.4, -0.2) is 35.4 Å². The van der Waals surface area contributed by atoms with Crippen LogP contribution in [0.3, 0.4) is 0 Å². The molecule has 4 aromatic rings. The van der Waals surface area contributed by atoms with Crippen LogP contribution in [-0.2, 0) is 4.74 Å². The molecule has 0 radical (unpaired) electrons. The third kappa shape index (κ3) is 5.52. The van der Waals surface area contributed by atoms with Gasteiger partial charge in [0.25, 0.3) is 0 Å². The summed E-state index contributed by atoms with van der Waals surface area (Å²) in [5, 5.41) is 16.3. The Labute approximate surface area is 233 Å². The highest BCUT2D eigenvalue weighted by atomic mass is 35.5. The molecule has 3 N–H and O–H groups in total. The fraction of sp³-hybridized carbons (Fsp3) is 0.111. The number of hydrogen-bond acceptors (Lipinski definition) is 5. The average molecular weight is 575 g/mol. The standard InChI is InChI=1S/C27H22Cl3N3O5/c1-3-38-26(35)24-20(32-27(36)31-19-8-5-7-18(28)23(19)30)14-22(29)33(24)16-12-10-15(11-13-16)17-6-4-9-21(37-2)25(17)34/h4-14,34H,3H2,1-2H3,(H2,31,32,36). The molecule has 0 bridgehead atoms. The molecule has 0 aliphatic heterocycles. The number of phenolic OH excluding ortho intramolecular Hbond substituents is 1. The molecule has 0 atom stereocenters. The normalized spacial score (nSPS) is 10.7. The van der Waals surface area contributed by atoms with Crippen molar-refractivity contribution in [2.24, 2.45) is 0 Å². The Morgan fingerprint density at radius 2 is 1.63 bits per heavy atom. The maximum absolute atomic E-state index is 13.0. The Morgan fingerprint density at radius 3 is 2.32 bits per heavy atom. The van der Waals surface area contributed by atoms with Crippen LogP contribution in [0.25, 0.3) is 16.8 Å². The second-order valence-electron chi connectivity index (χ2n) is 7.87. The molecule has 0 saturated carbocycles. The molecule has 11 heteroatoms. The number of para-hydroxylation sites is 1. The van der Waals surface area contributed by atoms with Gasteiger partial charge in [-0.2, -0.15) is 0 Å². The minimum absolute atomic E-state index is 0.00580. The van der Waals surface area contributed by atoms with E-state index in [1.54, 1.807) is 67.6 Å². The monoisotopic (exact) mass is 573 g/mol. The summed E-state index contributed by atoms with van der Waals surface area (Å²) in [5.41, 5.74) is 2.23. The number of esters is 1. The van der Waals surface area contributed by atoms with Gasteiger partial charge in [0.15, 0.2) is 17.2 Å². The molecule has 3 aromatic carbocycles. The Balaban J connectivity index is 1.69. The van der Waals surface area contributed by atoms with Crippen molar-refractivity contribution in [1.29, 1.82) is 0 Å². The number of rotatable bonds is 7. The molecule has 1 heterocycles. The number of carbonyl (C=O) groups is 2. The lowest BCUT2D eigenvalue weighted by Gasteiger charge is -2.14. The van der Waals surface area contributed by atoms with Gasteiger partial charge in [-0.1, -0.05) is 65.1 Å². The quantitative estimate of drug-likeness (QED) is 0.197. The maximum atomic E-state index is 13.0. The van der Waals surface area contributed by atoms with Crippen molar-refractivity contribution in [3.63, 3.8) is 0 Å². The van der Waals surface area contributed by atoms with Crippen molar-refractivity contribution in [1.82, 2.24) is 4.57 Å². The molecule has 0 unspecified atom stereocenters. The average Bonchev–Trinajstić information content (AvgIpc) is 3.22. The SMILES string of the molecule is CCOC(=O)c1c(NC(=O)Nc2cccc(Cl)c2Cl)cc(Cl)n1-c1ccc(-c2cccc(OC)c2O)cc1. The summed E-state index contributed by atoms with van der Waals surface area (Å²) in [7, 11) is 1.47. The number of methoxy groups -OCH3 is 1. The van der Waals surface area contributed by atoms with Crippen LogP contribution >= 0.6 is 34.8 Å². The van der Waals surface area contributed by atoms with Crippen LogP contribution < -0.4 is 15.4 Å². The van der Waals surface area contributed by atoms with Gasteiger partial charge in [0.1, 0.15) is 5.15 Å². The molecule has 0 saturated heterocycles. The number of nitrogens with zero attached hydrogens (tertiary/aromatic N) is 1. The number of hydrogen-bond donors (Lipinski definition) is 3. The molecule has 8 nitrogen and oxygen atoms in total. The summed E-state index contributed by atoms with van der Waals surface area (Å²) < 4.78 is 11.9. The molecule has 0 fully saturated rings. The van der Waals surface area contributed by atoms with E-state index in [0.717, 1.165) is 0 Å². The summed E-state index contributed by atoms with van der Waals surface area (Å²) >= 11 is 18.7. The lowest BCUT2D eigenvalue weighted by Crippen LogP contribution is -2.22. The van der Waals surface area contributed by atoms with Crippen LogP contribution in [0, 0.1) is 0 Å². The summed E-state index contributed by atoms with van der Waals surface area (Å²) in [6.45, 7) is 1.78. The van der Waals surface area contributed by atoms with Gasteiger partial charge >= 0.3 is 12.0 Å². The number of urea groups is 1. The van der Waals surface area contributed by atoms with Crippen molar-refractivity contribution in [2.45, 2.75) is 6.92 Å². The van der Waals surface area contributed by atoms with E-state index in [1.807, 2.05) is 0 Å². The fourth-order valence-corrected chi connectivity index (χ4v) is 4.45. The van der Waals surface area contributed by atoms with E-state index < -0.39 is 12.0 Å². The third-order valence-electron chi connectivity index (χ3n) is 5.53. The molecule has 38 heavy (non-hydrogen) atoms. The van der Waals surface area contributed by atoms with Crippen molar-refractivity contribution in [3.05, 3.63) is 87.6 Å². The maximum Gasteiger partial charge on any atom is 0.357 e. The van der Waals surface area contributed by atoms with E-state index in [2.05, 4.69) is 10.6 Å². The second-order valence-corrected chi connectivity index (χ2v) is 9.04. The molecule has 2 amide bonds. The Hall–Kier alpha value is -3.85. The highest BCUT2D eigenvalue weighted by Crippen LogP contribution is 2.38. The number of halogens is 3. The first-order valence-electron chi connectivity index (χ1n) is 11.3. The number of nitrogens with one attached hydrogen (secondary N) is 2. The van der Waals surface area contributed by atoms with Crippen LogP contribution in [0.4, 0.5) is 16.2 Å². The molecular formula is C27H22Cl3N3O5. The van der Waals surface area contributed by atoms with E-state index in [1.165, 1.54) is 17.7 Å². The Bertz CT molecular complexity index is 1500. The van der Waals surface area contributed by atoms with Gasteiger partial charge in [0.05, 0.1) is 35.1 Å². The Morgan fingerprint density at radius 1 is 0.947 bits per heavy atom. The zero-order chi connectivity index (χ0) is 27.4. The minimum atomic E-state index is -0.690. The molecule has 0 aliphatic rings. The summed E-state index contributed by atoms with van der Waals surface area (Å²) in [6, 6.07) is 17.7. The Kier molecular flexibility index (Phi) is 8.36. The number of anilines is 2. The van der Waals surface area contributed by atoms with E-state index >= 15 is 0 Å². The molecule has 4 rings (SSSR count). The predicted molar refractivity (Wildman–Crippen MR) is 149 cm³/mol. The number of ether oxygens (including phenoxy) is 2. The molecule has 196 valence electrons. The summed E-state index contributed by atoms with van der Waals surface area (Å²) in [5.74, 6) is -0.339. The zero-order valence-corrected chi connectivity index (χ0v) is 22.5. The first-order chi connectivity index (χ1) is 18.2. The van der Waals surface area contributed by atoms with Crippen LogP contribution in [0.15, 0.2) is 66.7 Å². The summed E-state index contributed by atoms with van der Waals surface area (Å²) in [6.07, 6.45) is 0. The van der Waals surface area contributed by atoms with Crippen LogP contribution in [0.2, 0.25) is 15.2 Å². The van der Waals surface area contributed by atoms with Crippen molar-refractivity contribution < 1.29 is 24.2 Å². The second kappa shape index (κ2) is 11.7. The number of phenols is 1. The predicted octanol–water partition coefficient (Wildman–Crippen LogP) is 7.64.